The molecule has 0 aromatic heterocycles. The zero-order chi connectivity index (χ0) is 20.1. The van der Waals surface area contributed by atoms with E-state index in [1.807, 2.05) is 50.2 Å². The van der Waals surface area contributed by atoms with Gasteiger partial charge in [0.2, 0.25) is 0 Å². The first-order valence-electron chi connectivity index (χ1n) is 8.79. The molecular weight excluding hydrogens is 376 g/mol. The van der Waals surface area contributed by atoms with Gasteiger partial charge in [-0.25, -0.2) is 4.99 Å². The molecule has 6 nitrogen and oxygen atoms in total. The van der Waals surface area contributed by atoms with Crippen molar-refractivity contribution < 1.29 is 19.0 Å². The van der Waals surface area contributed by atoms with E-state index < -0.39 is 0 Å². The summed E-state index contributed by atoms with van der Waals surface area (Å²) in [5.41, 5.74) is 2.58. The summed E-state index contributed by atoms with van der Waals surface area (Å²) < 4.78 is 16.2. The Morgan fingerprint density at radius 3 is 2.54 bits per heavy atom. The molecule has 1 fully saturated rings. The van der Waals surface area contributed by atoms with E-state index in [1.54, 1.807) is 20.3 Å². The maximum Gasteiger partial charge on any atom is 0.264 e. The molecule has 7 heteroatoms. The normalized spacial score (nSPS) is 16.4. The van der Waals surface area contributed by atoms with E-state index in [4.69, 9.17) is 14.2 Å². The van der Waals surface area contributed by atoms with Gasteiger partial charge in [0.25, 0.3) is 5.91 Å². The number of methoxy groups -OCH3 is 2. The summed E-state index contributed by atoms with van der Waals surface area (Å²) in [6, 6.07) is 11.3. The summed E-state index contributed by atoms with van der Waals surface area (Å²) in [6.07, 6.45) is 1.80. The van der Waals surface area contributed by atoms with Crippen molar-refractivity contribution in [3.63, 3.8) is 0 Å². The molecule has 1 heterocycles. The number of amides is 1. The van der Waals surface area contributed by atoms with Gasteiger partial charge in [0.05, 0.1) is 25.7 Å². The van der Waals surface area contributed by atoms with Crippen molar-refractivity contribution in [3.05, 3.63) is 52.4 Å². The summed E-state index contributed by atoms with van der Waals surface area (Å²) in [4.78, 5) is 17.5. The Hall–Kier alpha value is -2.93. The molecule has 2 aromatic rings. The van der Waals surface area contributed by atoms with Crippen LogP contribution >= 0.6 is 11.8 Å². The van der Waals surface area contributed by atoms with Gasteiger partial charge in [0.1, 0.15) is 11.4 Å². The third-order valence-corrected chi connectivity index (χ3v) is 4.90. The summed E-state index contributed by atoms with van der Waals surface area (Å²) in [7, 11) is 3.19. The first-order chi connectivity index (χ1) is 13.5. The molecule has 1 amide bonds. The van der Waals surface area contributed by atoms with Gasteiger partial charge >= 0.3 is 0 Å². The fraction of sp³-hybridized carbons (Fsp3) is 0.238. The highest BCUT2D eigenvalue weighted by atomic mass is 32.2. The van der Waals surface area contributed by atoms with E-state index in [0.29, 0.717) is 39.6 Å². The van der Waals surface area contributed by atoms with E-state index >= 15 is 0 Å². The number of aryl methyl sites for hydroxylation is 1. The van der Waals surface area contributed by atoms with Gasteiger partial charge in [-0.2, -0.15) is 0 Å². The molecule has 0 spiro atoms. The van der Waals surface area contributed by atoms with Crippen LogP contribution in [-0.2, 0) is 4.79 Å². The standard InChI is InChI=1S/C21H22N2O4S/c1-5-27-17-9-7-14(11-18(17)26-4)12-19-20(24)23-21(28-19)22-15-10-13(2)6-8-16(15)25-3/h6-12H,5H2,1-4H3,(H,22,23,24)/b19-12-. The number of nitrogens with zero attached hydrogens (tertiary/aromatic N) is 1. The van der Waals surface area contributed by atoms with Crippen LogP contribution in [0.25, 0.3) is 6.08 Å². The monoisotopic (exact) mass is 398 g/mol. The molecule has 0 saturated carbocycles. The van der Waals surface area contributed by atoms with Crippen LogP contribution in [0.1, 0.15) is 18.1 Å². The average Bonchev–Trinajstić information content (AvgIpc) is 3.02. The molecule has 0 atom stereocenters. The summed E-state index contributed by atoms with van der Waals surface area (Å²) in [5, 5.41) is 3.31. The summed E-state index contributed by atoms with van der Waals surface area (Å²) >= 11 is 1.28. The molecule has 0 aliphatic carbocycles. The van der Waals surface area contributed by atoms with Gasteiger partial charge in [-0.1, -0.05) is 12.1 Å². The summed E-state index contributed by atoms with van der Waals surface area (Å²) in [6.45, 7) is 4.45. The van der Waals surface area contributed by atoms with Crippen LogP contribution in [0.5, 0.6) is 17.2 Å². The van der Waals surface area contributed by atoms with Crippen LogP contribution < -0.4 is 19.5 Å². The number of aliphatic imine (C=N–C) groups is 1. The largest absolute Gasteiger partial charge is 0.494 e. The molecule has 2 aromatic carbocycles. The molecule has 28 heavy (non-hydrogen) atoms. The first kappa shape index (κ1) is 19.8. The van der Waals surface area contributed by atoms with Crippen LogP contribution in [0.15, 0.2) is 46.3 Å². The number of rotatable bonds is 6. The van der Waals surface area contributed by atoms with Crippen LogP contribution in [0.3, 0.4) is 0 Å². The molecule has 1 aliphatic heterocycles. The van der Waals surface area contributed by atoms with E-state index in [9.17, 15) is 4.79 Å². The second-order valence-electron chi connectivity index (χ2n) is 6.00. The number of amidine groups is 1. The first-order valence-corrected chi connectivity index (χ1v) is 9.60. The van der Waals surface area contributed by atoms with Crippen molar-refractivity contribution in [1.82, 2.24) is 5.32 Å². The molecule has 0 bridgehead atoms. The number of hydrogen-bond donors (Lipinski definition) is 1. The highest BCUT2D eigenvalue weighted by molar-refractivity contribution is 8.18. The van der Waals surface area contributed by atoms with Crippen molar-refractivity contribution >= 4 is 34.6 Å². The predicted octanol–water partition coefficient (Wildman–Crippen LogP) is 4.30. The Balaban J connectivity index is 1.86. The van der Waals surface area contributed by atoms with Crippen LogP contribution in [-0.4, -0.2) is 31.9 Å². The van der Waals surface area contributed by atoms with Gasteiger partial charge in [0, 0.05) is 0 Å². The number of benzene rings is 2. The molecule has 0 radical (unpaired) electrons. The lowest BCUT2D eigenvalue weighted by Gasteiger charge is -2.09. The van der Waals surface area contributed by atoms with Crippen LogP contribution in [0, 0.1) is 6.92 Å². The molecule has 146 valence electrons. The maximum absolute atomic E-state index is 12.4. The van der Waals surface area contributed by atoms with Gasteiger partial charge in [-0.15, -0.1) is 0 Å². The number of hydrogen-bond acceptors (Lipinski definition) is 6. The van der Waals surface area contributed by atoms with Crippen molar-refractivity contribution in [3.8, 4) is 17.2 Å². The van der Waals surface area contributed by atoms with Gasteiger partial charge in [0.15, 0.2) is 16.7 Å². The molecule has 1 N–H and O–H groups in total. The maximum atomic E-state index is 12.4. The predicted molar refractivity (Wildman–Crippen MR) is 113 cm³/mol. The third kappa shape index (κ3) is 4.48. The number of ether oxygens (including phenoxy) is 3. The van der Waals surface area contributed by atoms with E-state index in [-0.39, 0.29) is 5.91 Å². The Kier molecular flexibility index (Phi) is 6.26. The van der Waals surface area contributed by atoms with Crippen molar-refractivity contribution in [1.29, 1.82) is 0 Å². The van der Waals surface area contributed by atoms with Crippen molar-refractivity contribution in [2.45, 2.75) is 13.8 Å². The topological polar surface area (TPSA) is 69.2 Å². The van der Waals surface area contributed by atoms with E-state index in [0.717, 1.165) is 11.1 Å². The summed E-state index contributed by atoms with van der Waals surface area (Å²) in [5.74, 6) is 1.76. The second-order valence-corrected chi connectivity index (χ2v) is 7.03. The molecule has 0 unspecified atom stereocenters. The molecule has 1 aliphatic rings. The second kappa shape index (κ2) is 8.84. The zero-order valence-corrected chi connectivity index (χ0v) is 17.1. The number of carbonyl (C=O) groups excluding carboxylic acids is 1. The Morgan fingerprint density at radius 1 is 1.07 bits per heavy atom. The Bertz CT molecular complexity index is 953. The highest BCUT2D eigenvalue weighted by Gasteiger charge is 2.24. The lowest BCUT2D eigenvalue weighted by Crippen LogP contribution is -2.19. The minimum absolute atomic E-state index is 0.191. The lowest BCUT2D eigenvalue weighted by molar-refractivity contribution is -0.115. The minimum Gasteiger partial charge on any atom is -0.494 e. The highest BCUT2D eigenvalue weighted by Crippen LogP contribution is 2.34. The SMILES string of the molecule is CCOc1ccc(/C=C2\SC(=Nc3cc(C)ccc3OC)NC2=O)cc1OC. The number of nitrogens with one attached hydrogen (secondary N) is 1. The van der Waals surface area contributed by atoms with Gasteiger partial charge in [-0.05, 0) is 67.1 Å². The van der Waals surface area contributed by atoms with Gasteiger partial charge in [-0.3, -0.25) is 4.79 Å². The number of thioether (sulfide) groups is 1. The minimum atomic E-state index is -0.191. The zero-order valence-electron chi connectivity index (χ0n) is 16.2. The fourth-order valence-electron chi connectivity index (χ4n) is 2.68. The van der Waals surface area contributed by atoms with Crippen molar-refractivity contribution in [2.75, 3.05) is 20.8 Å². The Morgan fingerprint density at radius 2 is 1.82 bits per heavy atom. The lowest BCUT2D eigenvalue weighted by atomic mass is 10.2. The smallest absolute Gasteiger partial charge is 0.264 e. The van der Waals surface area contributed by atoms with E-state index in [2.05, 4.69) is 10.3 Å². The molecule has 1 saturated heterocycles. The quantitative estimate of drug-likeness (QED) is 0.735. The van der Waals surface area contributed by atoms with E-state index in [1.165, 1.54) is 11.8 Å². The Labute approximate surface area is 168 Å². The van der Waals surface area contributed by atoms with Gasteiger partial charge < -0.3 is 19.5 Å². The third-order valence-electron chi connectivity index (χ3n) is 3.99. The molecule has 3 rings (SSSR count). The molecular formula is C21H22N2O4S. The van der Waals surface area contributed by atoms with Crippen LogP contribution in [0.2, 0.25) is 0 Å². The van der Waals surface area contributed by atoms with Crippen LogP contribution in [0.4, 0.5) is 5.69 Å². The average molecular weight is 398 g/mol. The number of carbonyl (C=O) groups is 1. The fourth-order valence-corrected chi connectivity index (χ4v) is 3.51. The van der Waals surface area contributed by atoms with Crippen molar-refractivity contribution in [2.24, 2.45) is 4.99 Å².